The quantitative estimate of drug-likeness (QED) is 0.125. The number of methoxy groups -OCH3 is 5. The molecule has 3 aromatic carbocycles. The van der Waals surface area contributed by atoms with Crippen molar-refractivity contribution in [2.24, 2.45) is 0 Å². The first-order valence-corrected chi connectivity index (χ1v) is 12.3. The van der Waals surface area contributed by atoms with Gasteiger partial charge < -0.3 is 33.2 Å². The van der Waals surface area contributed by atoms with Gasteiger partial charge in [-0.2, -0.15) is 0 Å². The molecule has 202 valence electrons. The van der Waals surface area contributed by atoms with Gasteiger partial charge in [0.1, 0.15) is 5.75 Å². The molecule has 0 bridgehead atoms. The van der Waals surface area contributed by atoms with E-state index in [1.807, 2.05) is 66.7 Å². The topological polar surface area (TPSA) is 64.6 Å². The molecule has 7 heteroatoms. The van der Waals surface area contributed by atoms with Gasteiger partial charge in [0.25, 0.3) is 0 Å². The van der Waals surface area contributed by atoms with Gasteiger partial charge in [-0.1, -0.05) is 42.5 Å². The summed E-state index contributed by atoms with van der Waals surface area (Å²) in [5.74, 6) is 3.95. The van der Waals surface area contributed by atoms with Crippen LogP contribution in [0.25, 0.3) is 18.2 Å². The Hall–Kier alpha value is -4.10. The SMILES string of the molecule is COCOc1ccc(/C=C/CCCOc2cc(/C=C\c3cc(OC)c(OC)c(OC)c3)ccc2OC)cc1. The molecule has 0 atom stereocenters. The zero-order valence-electron chi connectivity index (χ0n) is 22.7. The van der Waals surface area contributed by atoms with Gasteiger partial charge in [-0.3, -0.25) is 0 Å². The van der Waals surface area contributed by atoms with Crippen LogP contribution < -0.4 is 28.4 Å². The second-order valence-corrected chi connectivity index (χ2v) is 8.22. The summed E-state index contributed by atoms with van der Waals surface area (Å²) in [6.45, 7) is 0.816. The molecule has 0 saturated carbocycles. The number of unbranched alkanes of at least 4 members (excludes halogenated alkanes) is 1. The Morgan fingerprint density at radius 1 is 0.579 bits per heavy atom. The monoisotopic (exact) mass is 520 g/mol. The molecule has 0 aromatic heterocycles. The lowest BCUT2D eigenvalue weighted by Crippen LogP contribution is -1.99. The molecule has 0 aliphatic carbocycles. The van der Waals surface area contributed by atoms with Crippen molar-refractivity contribution in [1.29, 1.82) is 0 Å². The van der Waals surface area contributed by atoms with Gasteiger partial charge >= 0.3 is 0 Å². The summed E-state index contributed by atoms with van der Waals surface area (Å²) < 4.78 is 38.2. The van der Waals surface area contributed by atoms with Crippen molar-refractivity contribution in [1.82, 2.24) is 0 Å². The second-order valence-electron chi connectivity index (χ2n) is 8.22. The minimum atomic E-state index is 0.242. The van der Waals surface area contributed by atoms with E-state index < -0.39 is 0 Å². The third kappa shape index (κ3) is 8.21. The lowest BCUT2D eigenvalue weighted by atomic mass is 10.1. The number of rotatable bonds is 15. The molecule has 0 radical (unpaired) electrons. The minimum absolute atomic E-state index is 0.242. The average molecular weight is 521 g/mol. The highest BCUT2D eigenvalue weighted by Gasteiger charge is 2.12. The standard InChI is InChI=1S/C31H36O7/c1-32-22-38-26-15-12-23(13-16-26)9-7-6-8-18-37-28-19-24(14-17-27(28)33-2)10-11-25-20-29(34-3)31(36-5)30(21-25)35-4/h7,9-17,19-21H,6,8,18,22H2,1-5H3/b9-7+,11-10-. The Balaban J connectivity index is 1.57. The summed E-state index contributed by atoms with van der Waals surface area (Å²) in [6.07, 6.45) is 9.99. The maximum absolute atomic E-state index is 6.05. The number of hydrogen-bond acceptors (Lipinski definition) is 7. The molecular weight excluding hydrogens is 484 g/mol. The molecule has 0 N–H and O–H groups in total. The number of benzene rings is 3. The molecular formula is C31H36O7. The van der Waals surface area contributed by atoms with Crippen LogP contribution in [0.5, 0.6) is 34.5 Å². The van der Waals surface area contributed by atoms with Crippen LogP contribution in [0.15, 0.2) is 60.7 Å². The van der Waals surface area contributed by atoms with Crippen LogP contribution >= 0.6 is 0 Å². The normalized spacial score (nSPS) is 11.1. The van der Waals surface area contributed by atoms with Crippen molar-refractivity contribution in [2.75, 3.05) is 48.9 Å². The summed E-state index contributed by atoms with van der Waals surface area (Å²) in [5.41, 5.74) is 3.01. The Kier molecular flexibility index (Phi) is 11.4. The third-order valence-corrected chi connectivity index (χ3v) is 5.65. The molecule has 7 nitrogen and oxygen atoms in total. The first-order valence-electron chi connectivity index (χ1n) is 12.3. The van der Waals surface area contributed by atoms with Crippen molar-refractivity contribution in [3.8, 4) is 34.5 Å². The van der Waals surface area contributed by atoms with E-state index in [1.165, 1.54) is 0 Å². The van der Waals surface area contributed by atoms with Gasteiger partial charge in [0.2, 0.25) is 5.75 Å². The highest BCUT2D eigenvalue weighted by molar-refractivity contribution is 5.73. The highest BCUT2D eigenvalue weighted by atomic mass is 16.7. The fraction of sp³-hybridized carbons (Fsp3) is 0.290. The number of hydrogen-bond donors (Lipinski definition) is 0. The van der Waals surface area contributed by atoms with E-state index in [-0.39, 0.29) is 6.79 Å². The van der Waals surface area contributed by atoms with Crippen molar-refractivity contribution in [2.45, 2.75) is 12.8 Å². The van der Waals surface area contributed by atoms with Crippen LogP contribution in [-0.4, -0.2) is 48.9 Å². The van der Waals surface area contributed by atoms with Crippen LogP contribution in [-0.2, 0) is 4.74 Å². The zero-order valence-corrected chi connectivity index (χ0v) is 22.7. The molecule has 3 rings (SSSR count). The summed E-state index contributed by atoms with van der Waals surface area (Å²) in [5, 5.41) is 0. The second kappa shape index (κ2) is 15.2. The predicted molar refractivity (Wildman–Crippen MR) is 151 cm³/mol. The molecule has 0 heterocycles. The summed E-state index contributed by atoms with van der Waals surface area (Å²) in [6, 6.07) is 17.5. The molecule has 0 fully saturated rings. The van der Waals surface area contributed by atoms with E-state index in [1.54, 1.807) is 35.5 Å². The Morgan fingerprint density at radius 3 is 1.84 bits per heavy atom. The van der Waals surface area contributed by atoms with Crippen molar-refractivity contribution in [3.05, 3.63) is 77.4 Å². The Labute approximate surface area is 225 Å². The Bertz CT molecular complexity index is 1170. The van der Waals surface area contributed by atoms with Gasteiger partial charge in [-0.05, 0) is 65.9 Å². The number of ether oxygens (including phenoxy) is 7. The van der Waals surface area contributed by atoms with E-state index in [0.29, 0.717) is 35.4 Å². The van der Waals surface area contributed by atoms with Gasteiger partial charge in [0.05, 0.1) is 35.0 Å². The maximum Gasteiger partial charge on any atom is 0.203 e. The molecule has 0 aliphatic heterocycles. The highest BCUT2D eigenvalue weighted by Crippen LogP contribution is 2.38. The predicted octanol–water partition coefficient (Wildman–Crippen LogP) is 6.75. The van der Waals surface area contributed by atoms with Crippen molar-refractivity contribution < 1.29 is 33.2 Å². The molecule has 0 spiro atoms. The van der Waals surface area contributed by atoms with Crippen molar-refractivity contribution >= 4 is 18.2 Å². The first kappa shape index (κ1) is 28.5. The summed E-state index contributed by atoms with van der Waals surface area (Å²) >= 11 is 0. The van der Waals surface area contributed by atoms with E-state index in [9.17, 15) is 0 Å². The molecule has 0 amide bonds. The lowest BCUT2D eigenvalue weighted by Gasteiger charge is -2.13. The van der Waals surface area contributed by atoms with E-state index in [4.69, 9.17) is 33.2 Å². The van der Waals surface area contributed by atoms with Crippen LogP contribution in [0, 0.1) is 0 Å². The van der Waals surface area contributed by atoms with Gasteiger partial charge in [-0.15, -0.1) is 0 Å². The minimum Gasteiger partial charge on any atom is -0.493 e. The summed E-state index contributed by atoms with van der Waals surface area (Å²) in [7, 11) is 8.03. The maximum atomic E-state index is 6.05. The van der Waals surface area contributed by atoms with E-state index in [2.05, 4.69) is 12.2 Å². The summed E-state index contributed by atoms with van der Waals surface area (Å²) in [4.78, 5) is 0. The third-order valence-electron chi connectivity index (χ3n) is 5.65. The molecule has 38 heavy (non-hydrogen) atoms. The molecule has 0 unspecified atom stereocenters. The largest absolute Gasteiger partial charge is 0.493 e. The fourth-order valence-electron chi connectivity index (χ4n) is 3.70. The van der Waals surface area contributed by atoms with Crippen LogP contribution in [0.4, 0.5) is 0 Å². The lowest BCUT2D eigenvalue weighted by molar-refractivity contribution is 0.0511. The molecule has 0 aliphatic rings. The average Bonchev–Trinajstić information content (AvgIpc) is 2.96. The van der Waals surface area contributed by atoms with Gasteiger partial charge in [0.15, 0.2) is 29.8 Å². The fourth-order valence-corrected chi connectivity index (χ4v) is 3.70. The van der Waals surface area contributed by atoms with Crippen LogP contribution in [0.2, 0.25) is 0 Å². The first-order chi connectivity index (χ1) is 18.6. The Morgan fingerprint density at radius 2 is 1.21 bits per heavy atom. The van der Waals surface area contributed by atoms with Gasteiger partial charge in [-0.25, -0.2) is 0 Å². The van der Waals surface area contributed by atoms with Gasteiger partial charge in [0, 0.05) is 7.11 Å². The number of allylic oxidation sites excluding steroid dienone is 1. The van der Waals surface area contributed by atoms with Crippen molar-refractivity contribution in [3.63, 3.8) is 0 Å². The zero-order chi connectivity index (χ0) is 27.2. The molecule has 0 saturated heterocycles. The smallest absolute Gasteiger partial charge is 0.203 e. The van der Waals surface area contributed by atoms with Crippen LogP contribution in [0.3, 0.4) is 0 Å². The van der Waals surface area contributed by atoms with Crippen LogP contribution in [0.1, 0.15) is 29.5 Å². The molecule has 3 aromatic rings. The van der Waals surface area contributed by atoms with E-state index in [0.717, 1.165) is 35.3 Å². The van der Waals surface area contributed by atoms with E-state index >= 15 is 0 Å².